The summed E-state index contributed by atoms with van der Waals surface area (Å²) in [5.41, 5.74) is 0. The van der Waals surface area contributed by atoms with E-state index in [-0.39, 0.29) is 0 Å². The van der Waals surface area contributed by atoms with Crippen molar-refractivity contribution in [1.82, 2.24) is 25.4 Å². The minimum Gasteiger partial charge on any atom is -0.461 e. The monoisotopic (exact) mass is 424 g/mol. The smallest absolute Gasteiger partial charge is 0.216 e. The lowest BCUT2D eigenvalue weighted by Crippen LogP contribution is -2.40. The lowest BCUT2D eigenvalue weighted by atomic mass is 10.2. The van der Waals surface area contributed by atoms with E-state index in [1.807, 2.05) is 23.9 Å². The predicted octanol–water partition coefficient (Wildman–Crippen LogP) is 3.69. The highest BCUT2D eigenvalue weighted by Gasteiger charge is 2.24. The second kappa shape index (κ2) is 10.3. The van der Waals surface area contributed by atoms with Crippen molar-refractivity contribution in [3.8, 4) is 11.6 Å². The number of nitrogens with one attached hydrogen (secondary N) is 2. The summed E-state index contributed by atoms with van der Waals surface area (Å²) >= 11 is 1.95. The van der Waals surface area contributed by atoms with E-state index in [9.17, 15) is 0 Å². The molecule has 7 nitrogen and oxygen atoms in total. The average Bonchev–Trinajstić information content (AvgIpc) is 3.54. The highest BCUT2D eigenvalue weighted by atomic mass is 32.2. The Balaban J connectivity index is 1.28. The van der Waals surface area contributed by atoms with E-state index in [2.05, 4.69) is 62.7 Å². The fourth-order valence-corrected chi connectivity index (χ4v) is 4.56. The summed E-state index contributed by atoms with van der Waals surface area (Å²) in [7, 11) is 0. The van der Waals surface area contributed by atoms with Gasteiger partial charge in [0.15, 0.2) is 11.7 Å². The van der Waals surface area contributed by atoms with Crippen LogP contribution < -0.4 is 5.32 Å². The van der Waals surface area contributed by atoms with Crippen LogP contribution in [-0.2, 0) is 6.42 Å². The van der Waals surface area contributed by atoms with Crippen LogP contribution in [-0.4, -0.2) is 58.0 Å². The van der Waals surface area contributed by atoms with Gasteiger partial charge in [0.1, 0.15) is 5.82 Å². The summed E-state index contributed by atoms with van der Waals surface area (Å²) in [5.74, 6) is 4.90. The van der Waals surface area contributed by atoms with E-state index >= 15 is 0 Å². The Kier molecular flexibility index (Phi) is 7.07. The first-order valence-corrected chi connectivity index (χ1v) is 11.5. The Morgan fingerprint density at radius 2 is 2.20 bits per heavy atom. The number of hydrogen-bond acceptors (Lipinski definition) is 5. The number of rotatable bonds is 8. The minimum absolute atomic E-state index is 0.587. The van der Waals surface area contributed by atoms with E-state index in [0.29, 0.717) is 30.5 Å². The van der Waals surface area contributed by atoms with E-state index in [4.69, 9.17) is 9.41 Å². The Morgan fingerprint density at radius 1 is 1.30 bits per heavy atom. The largest absolute Gasteiger partial charge is 0.461 e. The van der Waals surface area contributed by atoms with Crippen molar-refractivity contribution in [2.24, 2.45) is 10.9 Å². The number of thioether (sulfide) groups is 1. The minimum atomic E-state index is 0.587. The Morgan fingerprint density at radius 3 is 3.00 bits per heavy atom. The number of aromatic amines is 1. The zero-order valence-corrected chi connectivity index (χ0v) is 18.1. The molecular weight excluding hydrogens is 396 g/mol. The van der Waals surface area contributed by atoms with Crippen molar-refractivity contribution in [1.29, 1.82) is 0 Å². The molecule has 3 aromatic rings. The maximum absolute atomic E-state index is 5.34. The molecule has 0 aliphatic carbocycles. The van der Waals surface area contributed by atoms with Crippen molar-refractivity contribution in [2.45, 2.75) is 24.7 Å². The number of nitrogens with zero attached hydrogens (tertiary/aromatic N) is 4. The molecule has 2 N–H and O–H groups in total. The second-order valence-electron chi connectivity index (χ2n) is 7.29. The topological polar surface area (TPSA) is 82.3 Å². The van der Waals surface area contributed by atoms with Crippen LogP contribution in [0.2, 0.25) is 0 Å². The molecule has 3 heterocycles. The van der Waals surface area contributed by atoms with Crippen LogP contribution in [0, 0.1) is 5.92 Å². The van der Waals surface area contributed by atoms with Gasteiger partial charge in [-0.3, -0.25) is 10.1 Å². The Labute approximate surface area is 181 Å². The lowest BCUT2D eigenvalue weighted by molar-refractivity contribution is 0.474. The summed E-state index contributed by atoms with van der Waals surface area (Å²) in [6.45, 7) is 5.74. The van der Waals surface area contributed by atoms with Crippen molar-refractivity contribution >= 4 is 17.7 Å². The van der Waals surface area contributed by atoms with Gasteiger partial charge in [-0.2, -0.15) is 5.10 Å². The molecule has 4 rings (SSSR count). The van der Waals surface area contributed by atoms with Gasteiger partial charge in [-0.1, -0.05) is 18.2 Å². The molecule has 158 valence electrons. The molecule has 1 atom stereocenters. The van der Waals surface area contributed by atoms with Crippen LogP contribution in [0.1, 0.15) is 19.2 Å². The van der Waals surface area contributed by atoms with E-state index in [0.717, 1.165) is 37.2 Å². The standard InChI is InChI=1S/C22H28N6OS/c1-2-23-22(24-12-10-20-25-21(27-26-20)19-9-6-14-29-19)28-13-11-17(15-28)16-30-18-7-4-3-5-8-18/h3-9,14,17H,2,10-13,15-16H2,1H3,(H,23,24)(H,25,26,27). The predicted molar refractivity (Wildman–Crippen MR) is 121 cm³/mol. The van der Waals surface area contributed by atoms with Crippen molar-refractivity contribution in [3.63, 3.8) is 0 Å². The van der Waals surface area contributed by atoms with Crippen molar-refractivity contribution < 1.29 is 4.42 Å². The molecule has 30 heavy (non-hydrogen) atoms. The van der Waals surface area contributed by atoms with Crippen molar-refractivity contribution in [3.05, 3.63) is 54.6 Å². The molecule has 1 aliphatic heterocycles. The zero-order chi connectivity index (χ0) is 20.6. The van der Waals surface area contributed by atoms with E-state index in [1.54, 1.807) is 6.26 Å². The number of aliphatic imine (C=N–C) groups is 1. The summed E-state index contributed by atoms with van der Waals surface area (Å²) in [6.07, 6.45) is 3.54. The van der Waals surface area contributed by atoms with Gasteiger partial charge in [0, 0.05) is 43.2 Å². The summed E-state index contributed by atoms with van der Waals surface area (Å²) in [4.78, 5) is 13.0. The molecule has 1 unspecified atom stereocenters. The molecule has 0 spiro atoms. The molecule has 1 fully saturated rings. The molecule has 2 aromatic heterocycles. The first-order chi connectivity index (χ1) is 14.8. The number of likely N-dealkylation sites (tertiary alicyclic amines) is 1. The van der Waals surface area contributed by atoms with Crippen LogP contribution in [0.15, 0.2) is 63.0 Å². The SMILES string of the molecule is CCNC(=NCCc1nc(-c2ccco2)n[nH]1)N1CCC(CSc2ccccc2)C1. The fraction of sp³-hybridized carbons (Fsp3) is 0.409. The third-order valence-electron chi connectivity index (χ3n) is 5.03. The van der Waals surface area contributed by atoms with E-state index < -0.39 is 0 Å². The van der Waals surface area contributed by atoms with Crippen LogP contribution >= 0.6 is 11.8 Å². The normalized spacial score (nSPS) is 16.9. The van der Waals surface area contributed by atoms with Gasteiger partial charge in [-0.05, 0) is 43.5 Å². The van der Waals surface area contributed by atoms with Gasteiger partial charge in [0.05, 0.1) is 6.26 Å². The highest BCUT2D eigenvalue weighted by Crippen LogP contribution is 2.25. The lowest BCUT2D eigenvalue weighted by Gasteiger charge is -2.21. The quantitative estimate of drug-likeness (QED) is 0.326. The highest BCUT2D eigenvalue weighted by molar-refractivity contribution is 7.99. The van der Waals surface area contributed by atoms with Crippen LogP contribution in [0.4, 0.5) is 0 Å². The molecule has 8 heteroatoms. The molecular formula is C22H28N6OS. The van der Waals surface area contributed by atoms with Gasteiger partial charge < -0.3 is 14.6 Å². The average molecular weight is 425 g/mol. The van der Waals surface area contributed by atoms with Crippen LogP contribution in [0.5, 0.6) is 0 Å². The number of H-pyrrole nitrogens is 1. The van der Waals surface area contributed by atoms with Gasteiger partial charge in [0.25, 0.3) is 0 Å². The zero-order valence-electron chi connectivity index (χ0n) is 17.3. The summed E-state index contributed by atoms with van der Waals surface area (Å²) < 4.78 is 5.34. The number of furan rings is 1. The van der Waals surface area contributed by atoms with Crippen LogP contribution in [0.3, 0.4) is 0 Å². The maximum atomic E-state index is 5.34. The molecule has 0 saturated carbocycles. The molecule has 1 saturated heterocycles. The third-order valence-corrected chi connectivity index (χ3v) is 6.28. The molecule has 1 aromatic carbocycles. The molecule has 1 aliphatic rings. The number of benzene rings is 1. The number of guanidine groups is 1. The molecule has 0 radical (unpaired) electrons. The second-order valence-corrected chi connectivity index (χ2v) is 8.39. The summed E-state index contributed by atoms with van der Waals surface area (Å²) in [5, 5.41) is 10.6. The van der Waals surface area contributed by atoms with Crippen LogP contribution in [0.25, 0.3) is 11.6 Å². The molecule has 0 amide bonds. The first kappa shape index (κ1) is 20.5. The Hall–Kier alpha value is -2.74. The fourth-order valence-electron chi connectivity index (χ4n) is 3.51. The van der Waals surface area contributed by atoms with E-state index in [1.165, 1.54) is 11.3 Å². The summed E-state index contributed by atoms with van der Waals surface area (Å²) in [6, 6.07) is 14.3. The number of aromatic nitrogens is 3. The number of hydrogen-bond donors (Lipinski definition) is 2. The van der Waals surface area contributed by atoms with Crippen molar-refractivity contribution in [2.75, 3.05) is 31.9 Å². The maximum Gasteiger partial charge on any atom is 0.216 e. The van der Waals surface area contributed by atoms with Gasteiger partial charge in [-0.25, -0.2) is 4.98 Å². The Bertz CT molecular complexity index is 924. The first-order valence-electron chi connectivity index (χ1n) is 10.5. The molecule has 0 bridgehead atoms. The van der Waals surface area contributed by atoms with Gasteiger partial charge >= 0.3 is 0 Å². The van der Waals surface area contributed by atoms with Gasteiger partial charge in [-0.15, -0.1) is 11.8 Å². The van der Waals surface area contributed by atoms with Gasteiger partial charge in [0.2, 0.25) is 5.82 Å². The third kappa shape index (κ3) is 5.44.